The predicted octanol–water partition coefficient (Wildman–Crippen LogP) is 4.30. The second kappa shape index (κ2) is 5.44. The molecular weight excluding hydrogens is 296 g/mol. The summed E-state index contributed by atoms with van der Waals surface area (Å²) in [5.74, 6) is 0.671. The van der Waals surface area contributed by atoms with Crippen LogP contribution in [0, 0.1) is 12.8 Å². The molecule has 1 N–H and O–H groups in total. The Balaban J connectivity index is 2.03. The van der Waals surface area contributed by atoms with Crippen LogP contribution in [0.1, 0.15) is 19.4 Å². The highest BCUT2D eigenvalue weighted by molar-refractivity contribution is 9.10. The van der Waals surface area contributed by atoms with Crippen molar-refractivity contribution >= 4 is 38.5 Å². The van der Waals surface area contributed by atoms with E-state index in [1.807, 2.05) is 11.8 Å². The number of nitrogens with one attached hydrogen (secondary N) is 1. The summed E-state index contributed by atoms with van der Waals surface area (Å²) in [7, 11) is 0. The van der Waals surface area contributed by atoms with E-state index >= 15 is 0 Å². The maximum absolute atomic E-state index is 4.54. The molecule has 1 heterocycles. The average molecular weight is 313 g/mol. The predicted molar refractivity (Wildman–Crippen MR) is 81.0 cm³/mol. The van der Waals surface area contributed by atoms with Gasteiger partial charge in [-0.3, -0.25) is 4.99 Å². The van der Waals surface area contributed by atoms with Gasteiger partial charge in [-0.1, -0.05) is 31.7 Å². The molecule has 0 aromatic heterocycles. The van der Waals surface area contributed by atoms with E-state index in [9.17, 15) is 0 Å². The van der Waals surface area contributed by atoms with Crippen molar-refractivity contribution in [1.29, 1.82) is 0 Å². The minimum absolute atomic E-state index is 0.613. The minimum Gasteiger partial charge on any atom is -0.334 e. The van der Waals surface area contributed by atoms with Crippen LogP contribution in [-0.4, -0.2) is 17.0 Å². The standard InChI is InChI=1S/C13H17BrN2S/c1-8(2)12-7-15-13(17-12)16-11-5-4-9(3)6-10(11)14/h4-6,8,12H,7H2,1-3H3,(H,15,16). The van der Waals surface area contributed by atoms with Crippen molar-refractivity contribution in [3.8, 4) is 0 Å². The third kappa shape index (κ3) is 3.26. The van der Waals surface area contributed by atoms with Crippen LogP contribution in [0.15, 0.2) is 27.7 Å². The van der Waals surface area contributed by atoms with E-state index in [0.717, 1.165) is 21.9 Å². The molecule has 17 heavy (non-hydrogen) atoms. The normalized spacial score (nSPS) is 19.6. The summed E-state index contributed by atoms with van der Waals surface area (Å²) in [5, 5.41) is 5.04. The number of hydrogen-bond acceptors (Lipinski definition) is 3. The minimum atomic E-state index is 0.613. The third-order valence-corrected chi connectivity index (χ3v) is 4.89. The van der Waals surface area contributed by atoms with Gasteiger partial charge in [0.25, 0.3) is 0 Å². The quantitative estimate of drug-likeness (QED) is 0.880. The summed E-state index contributed by atoms with van der Waals surface area (Å²) in [5.41, 5.74) is 2.34. The Labute approximate surface area is 115 Å². The van der Waals surface area contributed by atoms with Gasteiger partial charge >= 0.3 is 0 Å². The van der Waals surface area contributed by atoms with Crippen molar-refractivity contribution in [3.05, 3.63) is 28.2 Å². The van der Waals surface area contributed by atoms with Gasteiger partial charge in [-0.15, -0.1) is 0 Å². The molecule has 92 valence electrons. The maximum Gasteiger partial charge on any atom is 0.161 e. The van der Waals surface area contributed by atoms with Crippen molar-refractivity contribution in [1.82, 2.24) is 0 Å². The zero-order chi connectivity index (χ0) is 12.4. The van der Waals surface area contributed by atoms with E-state index in [1.165, 1.54) is 5.56 Å². The molecule has 1 aromatic carbocycles. The van der Waals surface area contributed by atoms with E-state index in [0.29, 0.717) is 11.2 Å². The van der Waals surface area contributed by atoms with Crippen LogP contribution in [0.3, 0.4) is 0 Å². The molecule has 0 fully saturated rings. The Morgan fingerprint density at radius 3 is 2.82 bits per heavy atom. The lowest BCUT2D eigenvalue weighted by Crippen LogP contribution is -2.13. The molecule has 0 saturated heterocycles. The average Bonchev–Trinajstić information content (AvgIpc) is 2.71. The van der Waals surface area contributed by atoms with Crippen molar-refractivity contribution < 1.29 is 0 Å². The number of halogens is 1. The number of hydrogen-bond donors (Lipinski definition) is 1. The second-order valence-electron chi connectivity index (χ2n) is 4.65. The molecule has 0 aliphatic carbocycles. The lowest BCUT2D eigenvalue weighted by molar-refractivity contribution is 0.621. The first-order valence-corrected chi connectivity index (χ1v) is 7.48. The summed E-state index contributed by atoms with van der Waals surface area (Å²) >= 11 is 5.42. The van der Waals surface area contributed by atoms with Crippen molar-refractivity contribution in [2.75, 3.05) is 11.9 Å². The SMILES string of the molecule is Cc1ccc(NC2=NCC(C(C)C)S2)c(Br)c1. The lowest BCUT2D eigenvalue weighted by atomic mass is 10.1. The Morgan fingerprint density at radius 2 is 2.24 bits per heavy atom. The van der Waals surface area contributed by atoms with Crippen LogP contribution in [0.2, 0.25) is 0 Å². The van der Waals surface area contributed by atoms with Crippen molar-refractivity contribution in [3.63, 3.8) is 0 Å². The molecule has 0 saturated carbocycles. The Hall–Kier alpha value is -0.480. The first kappa shape index (κ1) is 13.0. The second-order valence-corrected chi connectivity index (χ2v) is 6.74. The van der Waals surface area contributed by atoms with Gasteiger partial charge in [0, 0.05) is 9.72 Å². The molecule has 0 bridgehead atoms. The van der Waals surface area contributed by atoms with E-state index < -0.39 is 0 Å². The van der Waals surface area contributed by atoms with Gasteiger partial charge in [0.1, 0.15) is 0 Å². The van der Waals surface area contributed by atoms with E-state index in [2.05, 4.69) is 65.2 Å². The highest BCUT2D eigenvalue weighted by atomic mass is 79.9. The fraction of sp³-hybridized carbons (Fsp3) is 0.462. The molecule has 2 nitrogen and oxygen atoms in total. The first-order chi connectivity index (χ1) is 8.06. The summed E-state index contributed by atoms with van der Waals surface area (Å²) in [6.45, 7) is 7.51. The zero-order valence-corrected chi connectivity index (χ0v) is 12.7. The van der Waals surface area contributed by atoms with Crippen molar-refractivity contribution in [2.45, 2.75) is 26.0 Å². The fourth-order valence-electron chi connectivity index (χ4n) is 1.64. The van der Waals surface area contributed by atoms with Gasteiger partial charge in [0.2, 0.25) is 0 Å². The molecule has 1 aliphatic heterocycles. The molecule has 0 spiro atoms. The Morgan fingerprint density at radius 1 is 1.47 bits per heavy atom. The molecule has 2 rings (SSSR count). The third-order valence-electron chi connectivity index (χ3n) is 2.79. The van der Waals surface area contributed by atoms with Crippen LogP contribution in [0.4, 0.5) is 5.69 Å². The Bertz CT molecular complexity index is 443. The van der Waals surface area contributed by atoms with E-state index in [-0.39, 0.29) is 0 Å². The summed E-state index contributed by atoms with van der Waals surface area (Å²) in [6.07, 6.45) is 0. The van der Waals surface area contributed by atoms with E-state index in [1.54, 1.807) is 0 Å². The molecular formula is C13H17BrN2S. The number of rotatable bonds is 2. The largest absolute Gasteiger partial charge is 0.334 e. The van der Waals surface area contributed by atoms with Crippen LogP contribution in [-0.2, 0) is 0 Å². The molecule has 1 unspecified atom stereocenters. The Kier molecular flexibility index (Phi) is 4.15. The number of thioether (sulfide) groups is 1. The maximum atomic E-state index is 4.54. The van der Waals surface area contributed by atoms with Crippen LogP contribution >= 0.6 is 27.7 Å². The molecule has 1 atom stereocenters. The highest BCUT2D eigenvalue weighted by Crippen LogP contribution is 2.30. The van der Waals surface area contributed by atoms with Crippen LogP contribution < -0.4 is 5.32 Å². The van der Waals surface area contributed by atoms with Crippen molar-refractivity contribution in [2.24, 2.45) is 10.9 Å². The summed E-state index contributed by atoms with van der Waals surface area (Å²) < 4.78 is 1.09. The monoisotopic (exact) mass is 312 g/mol. The number of aliphatic imine (C=N–C) groups is 1. The van der Waals surface area contributed by atoms with Crippen LogP contribution in [0.5, 0.6) is 0 Å². The molecule has 1 aliphatic rings. The number of nitrogens with zero attached hydrogens (tertiary/aromatic N) is 1. The van der Waals surface area contributed by atoms with E-state index in [4.69, 9.17) is 0 Å². The van der Waals surface area contributed by atoms with Gasteiger partial charge < -0.3 is 5.32 Å². The van der Waals surface area contributed by atoms with Gasteiger partial charge in [0.05, 0.1) is 12.2 Å². The number of amidine groups is 1. The number of benzene rings is 1. The lowest BCUT2D eigenvalue weighted by Gasteiger charge is -2.13. The summed E-state index contributed by atoms with van der Waals surface area (Å²) in [6, 6.07) is 6.31. The van der Waals surface area contributed by atoms with Gasteiger partial charge in [-0.05, 0) is 46.5 Å². The molecule has 4 heteroatoms. The van der Waals surface area contributed by atoms with Gasteiger partial charge in [-0.2, -0.15) is 0 Å². The number of anilines is 1. The molecule has 0 radical (unpaired) electrons. The fourth-order valence-corrected chi connectivity index (χ4v) is 3.26. The van der Waals surface area contributed by atoms with Gasteiger partial charge in [-0.25, -0.2) is 0 Å². The first-order valence-electron chi connectivity index (χ1n) is 5.80. The zero-order valence-electron chi connectivity index (χ0n) is 10.3. The summed E-state index contributed by atoms with van der Waals surface area (Å²) in [4.78, 5) is 4.54. The smallest absolute Gasteiger partial charge is 0.161 e. The number of aryl methyl sites for hydroxylation is 1. The molecule has 0 amide bonds. The topological polar surface area (TPSA) is 24.4 Å². The molecule has 1 aromatic rings. The highest BCUT2D eigenvalue weighted by Gasteiger charge is 2.22. The van der Waals surface area contributed by atoms with Gasteiger partial charge in [0.15, 0.2) is 5.17 Å². The van der Waals surface area contributed by atoms with Crippen LogP contribution in [0.25, 0.3) is 0 Å².